The van der Waals surface area contributed by atoms with Crippen LogP contribution in [0.1, 0.15) is 77.0 Å². The van der Waals surface area contributed by atoms with Gasteiger partial charge < -0.3 is 19.7 Å². The number of hydrogen-bond donors (Lipinski definition) is 2. The smallest absolute Gasteiger partial charge is 0.316 e. The lowest BCUT2D eigenvalue weighted by molar-refractivity contribution is -0.171. The topological polar surface area (TPSA) is 161 Å². The molecule has 0 heterocycles. The molecule has 0 aromatic heterocycles. The highest BCUT2D eigenvalue weighted by atomic mass is 16.6. The Labute approximate surface area is 197 Å². The fourth-order valence-electron chi connectivity index (χ4n) is 5.25. The van der Waals surface area contributed by atoms with E-state index in [0.29, 0.717) is 77.0 Å². The van der Waals surface area contributed by atoms with E-state index in [2.05, 4.69) is 0 Å². The maximum Gasteiger partial charge on any atom is 0.316 e. The maximum absolute atomic E-state index is 12.4. The van der Waals surface area contributed by atoms with Crippen molar-refractivity contribution in [2.45, 2.75) is 77.0 Å². The summed E-state index contributed by atoms with van der Waals surface area (Å²) in [4.78, 5) is 71.5. The van der Waals surface area contributed by atoms with Crippen molar-refractivity contribution in [3.8, 4) is 0 Å². The Morgan fingerprint density at radius 2 is 0.559 bits per heavy atom. The summed E-state index contributed by atoms with van der Waals surface area (Å²) in [6.45, 7) is 0. The molecule has 0 aromatic rings. The highest BCUT2D eigenvalue weighted by Crippen LogP contribution is 2.34. The third-order valence-electron chi connectivity index (χ3n) is 7.62. The van der Waals surface area contributed by atoms with E-state index in [1.165, 1.54) is 0 Å². The maximum atomic E-state index is 12.4. The molecule has 0 aliphatic heterocycles. The average molecular weight is 481 g/mol. The standard InChI is InChI=1S/C24H32O10/c25-19(26)13-1-5-15(6-2-13)21(29)33-23(31)17-9-11-18(12-10-17)24(32)34-22(30)16-7-3-14(4-8-16)20(27)28/h13-18H,1-12H2,(H,25,26)(H,27,28). The Kier molecular flexibility index (Phi) is 8.79. The molecule has 10 nitrogen and oxygen atoms in total. The zero-order valence-electron chi connectivity index (χ0n) is 19.1. The molecular formula is C24H32O10. The molecule has 0 unspecified atom stereocenters. The Morgan fingerprint density at radius 3 is 0.735 bits per heavy atom. The molecule has 0 spiro atoms. The Morgan fingerprint density at radius 1 is 0.382 bits per heavy atom. The molecule has 0 saturated heterocycles. The van der Waals surface area contributed by atoms with Crippen LogP contribution in [-0.2, 0) is 38.2 Å². The van der Waals surface area contributed by atoms with Crippen LogP contribution >= 0.6 is 0 Å². The van der Waals surface area contributed by atoms with Crippen molar-refractivity contribution >= 4 is 35.8 Å². The Bertz CT molecular complexity index is 742. The normalized spacial score (nSPS) is 31.6. The zero-order valence-corrected chi connectivity index (χ0v) is 19.1. The van der Waals surface area contributed by atoms with Crippen molar-refractivity contribution < 1.29 is 48.5 Å². The van der Waals surface area contributed by atoms with Crippen molar-refractivity contribution in [1.82, 2.24) is 0 Å². The van der Waals surface area contributed by atoms with E-state index < -0.39 is 71.3 Å². The zero-order chi connectivity index (χ0) is 24.8. The van der Waals surface area contributed by atoms with Gasteiger partial charge in [-0.15, -0.1) is 0 Å². The van der Waals surface area contributed by atoms with Crippen molar-refractivity contribution in [1.29, 1.82) is 0 Å². The number of carbonyl (C=O) groups excluding carboxylic acids is 4. The number of aliphatic carboxylic acids is 2. The van der Waals surface area contributed by atoms with Gasteiger partial charge in [-0.25, -0.2) is 0 Å². The second kappa shape index (κ2) is 11.6. The highest BCUT2D eigenvalue weighted by Gasteiger charge is 2.37. The molecule has 10 heteroatoms. The number of ether oxygens (including phenoxy) is 2. The van der Waals surface area contributed by atoms with Crippen molar-refractivity contribution in [3.05, 3.63) is 0 Å². The monoisotopic (exact) mass is 480 g/mol. The first-order valence-corrected chi connectivity index (χ1v) is 12.1. The predicted molar refractivity (Wildman–Crippen MR) is 114 cm³/mol. The molecule has 0 aromatic carbocycles. The molecular weight excluding hydrogens is 448 g/mol. The summed E-state index contributed by atoms with van der Waals surface area (Å²) in [5, 5.41) is 18.1. The number of hydrogen-bond acceptors (Lipinski definition) is 8. The second-order valence-corrected chi connectivity index (χ2v) is 9.80. The summed E-state index contributed by atoms with van der Waals surface area (Å²) >= 11 is 0. The van der Waals surface area contributed by atoms with E-state index in [9.17, 15) is 28.8 Å². The van der Waals surface area contributed by atoms with Gasteiger partial charge >= 0.3 is 35.8 Å². The van der Waals surface area contributed by atoms with E-state index in [1.807, 2.05) is 0 Å². The van der Waals surface area contributed by atoms with Crippen LogP contribution in [0.5, 0.6) is 0 Å². The lowest BCUT2D eigenvalue weighted by atomic mass is 9.81. The second-order valence-electron chi connectivity index (χ2n) is 9.80. The summed E-state index contributed by atoms with van der Waals surface area (Å²) in [6.07, 6.45) is 4.44. The lowest BCUT2D eigenvalue weighted by Gasteiger charge is -2.28. The van der Waals surface area contributed by atoms with Gasteiger partial charge in [0.2, 0.25) is 0 Å². The molecule has 3 fully saturated rings. The predicted octanol–water partition coefficient (Wildman–Crippen LogP) is 2.71. The molecule has 0 amide bonds. The van der Waals surface area contributed by atoms with Crippen LogP contribution < -0.4 is 0 Å². The van der Waals surface area contributed by atoms with Gasteiger partial charge in [0, 0.05) is 0 Å². The minimum absolute atomic E-state index is 0.343. The van der Waals surface area contributed by atoms with Gasteiger partial charge in [0.05, 0.1) is 35.5 Å². The van der Waals surface area contributed by atoms with Gasteiger partial charge in [-0.05, 0) is 77.0 Å². The molecule has 2 N–H and O–H groups in total. The van der Waals surface area contributed by atoms with Crippen LogP contribution in [0.2, 0.25) is 0 Å². The molecule has 0 atom stereocenters. The van der Waals surface area contributed by atoms with Crippen LogP contribution in [0.4, 0.5) is 0 Å². The number of carbonyl (C=O) groups is 6. The average Bonchev–Trinajstić information content (AvgIpc) is 2.84. The van der Waals surface area contributed by atoms with Crippen molar-refractivity contribution in [2.24, 2.45) is 35.5 Å². The summed E-state index contributed by atoms with van der Waals surface area (Å²) < 4.78 is 10.1. The molecule has 34 heavy (non-hydrogen) atoms. The first-order valence-electron chi connectivity index (χ1n) is 12.1. The van der Waals surface area contributed by atoms with Crippen molar-refractivity contribution in [2.75, 3.05) is 0 Å². The molecule has 3 aliphatic rings. The minimum atomic E-state index is -0.870. The van der Waals surface area contributed by atoms with Crippen LogP contribution in [-0.4, -0.2) is 46.0 Å². The van der Waals surface area contributed by atoms with Crippen LogP contribution in [0.25, 0.3) is 0 Å². The first-order chi connectivity index (χ1) is 16.2. The van der Waals surface area contributed by atoms with E-state index >= 15 is 0 Å². The lowest BCUT2D eigenvalue weighted by Crippen LogP contribution is -2.34. The van der Waals surface area contributed by atoms with E-state index in [4.69, 9.17) is 19.7 Å². The van der Waals surface area contributed by atoms with Crippen LogP contribution in [0.15, 0.2) is 0 Å². The van der Waals surface area contributed by atoms with Gasteiger partial charge in [-0.1, -0.05) is 0 Å². The minimum Gasteiger partial charge on any atom is -0.481 e. The van der Waals surface area contributed by atoms with Gasteiger partial charge in [-0.3, -0.25) is 28.8 Å². The molecule has 188 valence electrons. The summed E-state index contributed by atoms with van der Waals surface area (Å²) in [6, 6.07) is 0. The number of carboxylic acid groups (broad SMARTS) is 2. The molecule has 3 aliphatic carbocycles. The van der Waals surface area contributed by atoms with Crippen LogP contribution in [0, 0.1) is 35.5 Å². The number of esters is 4. The quantitative estimate of drug-likeness (QED) is 0.427. The fraction of sp³-hybridized carbons (Fsp3) is 0.750. The van der Waals surface area contributed by atoms with Gasteiger partial charge in [0.25, 0.3) is 0 Å². The third kappa shape index (κ3) is 6.64. The van der Waals surface area contributed by atoms with Gasteiger partial charge in [-0.2, -0.15) is 0 Å². The molecule has 3 saturated carbocycles. The summed E-state index contributed by atoms with van der Waals surface area (Å²) in [5.41, 5.74) is 0. The number of rotatable bonds is 6. The van der Waals surface area contributed by atoms with E-state index in [-0.39, 0.29) is 0 Å². The fourth-order valence-corrected chi connectivity index (χ4v) is 5.25. The largest absolute Gasteiger partial charge is 0.481 e. The van der Waals surface area contributed by atoms with Gasteiger partial charge in [0.1, 0.15) is 0 Å². The number of carboxylic acids is 2. The van der Waals surface area contributed by atoms with E-state index in [0.717, 1.165) is 0 Å². The van der Waals surface area contributed by atoms with Crippen LogP contribution in [0.3, 0.4) is 0 Å². The summed E-state index contributed by atoms with van der Waals surface area (Å²) in [7, 11) is 0. The highest BCUT2D eigenvalue weighted by molar-refractivity contribution is 5.89. The SMILES string of the molecule is O=C(O)C1CCC(C(=O)OC(=O)C2CCC(C(=O)OC(=O)C3CCC(C(=O)O)CC3)CC2)CC1. The summed E-state index contributed by atoms with van der Waals surface area (Å²) in [5.74, 6) is -7.08. The Hall–Kier alpha value is -2.78. The van der Waals surface area contributed by atoms with Crippen molar-refractivity contribution in [3.63, 3.8) is 0 Å². The molecule has 0 radical (unpaired) electrons. The third-order valence-corrected chi connectivity index (χ3v) is 7.62. The first kappa shape index (κ1) is 25.8. The molecule has 0 bridgehead atoms. The van der Waals surface area contributed by atoms with E-state index in [1.54, 1.807) is 0 Å². The van der Waals surface area contributed by atoms with Gasteiger partial charge in [0.15, 0.2) is 0 Å². The molecule has 3 rings (SSSR count). The Balaban J connectivity index is 1.37.